The summed E-state index contributed by atoms with van der Waals surface area (Å²) in [5.41, 5.74) is 3.10. The van der Waals surface area contributed by atoms with E-state index in [2.05, 4.69) is 40.1 Å². The van der Waals surface area contributed by atoms with Gasteiger partial charge in [-0.1, -0.05) is 30.3 Å². The minimum Gasteiger partial charge on any atom is -0.368 e. The Kier molecular flexibility index (Phi) is 3.56. The molecule has 0 unspecified atom stereocenters. The molecule has 3 nitrogen and oxygen atoms in total. The van der Waals surface area contributed by atoms with Crippen LogP contribution in [0.2, 0.25) is 0 Å². The first-order valence-corrected chi connectivity index (χ1v) is 6.92. The van der Waals surface area contributed by atoms with Gasteiger partial charge in [-0.3, -0.25) is 0 Å². The molecule has 2 aromatic carbocycles. The molecule has 0 N–H and O–H groups in total. The Labute approximate surface area is 119 Å². The second kappa shape index (κ2) is 5.66. The van der Waals surface area contributed by atoms with Gasteiger partial charge in [0.15, 0.2) is 0 Å². The van der Waals surface area contributed by atoms with Crippen LogP contribution in [0.1, 0.15) is 5.56 Å². The van der Waals surface area contributed by atoms with Gasteiger partial charge >= 0.3 is 0 Å². The lowest BCUT2D eigenvalue weighted by Gasteiger charge is -2.37. The first-order valence-electron chi connectivity index (χ1n) is 6.92. The smallest absolute Gasteiger partial charge is 0.101 e. The summed E-state index contributed by atoms with van der Waals surface area (Å²) in [6.07, 6.45) is 0. The molecule has 0 aliphatic carbocycles. The van der Waals surface area contributed by atoms with Gasteiger partial charge in [-0.2, -0.15) is 5.26 Å². The summed E-state index contributed by atoms with van der Waals surface area (Å²) in [4.78, 5) is 4.70. The first kappa shape index (κ1) is 12.6. The van der Waals surface area contributed by atoms with E-state index in [-0.39, 0.29) is 0 Å². The van der Waals surface area contributed by atoms with E-state index in [9.17, 15) is 5.26 Å². The number of piperazine rings is 1. The van der Waals surface area contributed by atoms with Crippen molar-refractivity contribution in [1.29, 1.82) is 5.26 Å². The van der Waals surface area contributed by atoms with Crippen LogP contribution < -0.4 is 9.80 Å². The molecule has 1 aliphatic heterocycles. The third kappa shape index (κ3) is 2.46. The Morgan fingerprint density at radius 1 is 0.750 bits per heavy atom. The number of benzene rings is 2. The monoisotopic (exact) mass is 263 g/mol. The van der Waals surface area contributed by atoms with Crippen LogP contribution in [0, 0.1) is 11.3 Å². The molecule has 0 saturated carbocycles. The van der Waals surface area contributed by atoms with Crippen molar-refractivity contribution in [2.45, 2.75) is 0 Å². The number of nitriles is 1. The average molecular weight is 263 g/mol. The van der Waals surface area contributed by atoms with Crippen LogP contribution >= 0.6 is 0 Å². The van der Waals surface area contributed by atoms with E-state index in [1.165, 1.54) is 5.69 Å². The molecule has 1 saturated heterocycles. The summed E-state index contributed by atoms with van der Waals surface area (Å²) in [5.74, 6) is 0. The van der Waals surface area contributed by atoms with Crippen LogP contribution in [0.5, 0.6) is 0 Å². The zero-order chi connectivity index (χ0) is 13.8. The van der Waals surface area contributed by atoms with Crippen LogP contribution in [0.25, 0.3) is 0 Å². The fraction of sp³-hybridized carbons (Fsp3) is 0.235. The first-order chi connectivity index (χ1) is 9.88. The topological polar surface area (TPSA) is 30.3 Å². The highest BCUT2D eigenvalue weighted by atomic mass is 15.3. The molecule has 2 aromatic rings. The standard InChI is InChI=1S/C17H17N3/c18-14-15-6-4-5-9-17(15)20-12-10-19(11-13-20)16-7-2-1-3-8-16/h1-9H,10-13H2. The van der Waals surface area contributed by atoms with Crippen molar-refractivity contribution in [3.05, 3.63) is 60.2 Å². The number of anilines is 2. The van der Waals surface area contributed by atoms with Crippen molar-refractivity contribution < 1.29 is 0 Å². The van der Waals surface area contributed by atoms with Crippen molar-refractivity contribution in [3.63, 3.8) is 0 Å². The average Bonchev–Trinajstić information content (AvgIpc) is 2.56. The van der Waals surface area contributed by atoms with E-state index in [0.29, 0.717) is 0 Å². The maximum absolute atomic E-state index is 9.19. The molecule has 20 heavy (non-hydrogen) atoms. The Morgan fingerprint density at radius 3 is 2.05 bits per heavy atom. The zero-order valence-electron chi connectivity index (χ0n) is 11.4. The molecule has 3 heteroatoms. The second-order valence-electron chi connectivity index (χ2n) is 4.94. The van der Waals surface area contributed by atoms with Crippen molar-refractivity contribution in [1.82, 2.24) is 0 Å². The van der Waals surface area contributed by atoms with Gasteiger partial charge in [0.25, 0.3) is 0 Å². The molecule has 0 aromatic heterocycles. The largest absolute Gasteiger partial charge is 0.368 e. The number of hydrogen-bond donors (Lipinski definition) is 0. The Bertz CT molecular complexity index is 608. The predicted octanol–water partition coefficient (Wildman–Crippen LogP) is 2.88. The van der Waals surface area contributed by atoms with Gasteiger partial charge in [0.2, 0.25) is 0 Å². The van der Waals surface area contributed by atoms with Gasteiger partial charge in [0.1, 0.15) is 6.07 Å². The van der Waals surface area contributed by atoms with E-state index < -0.39 is 0 Å². The van der Waals surface area contributed by atoms with E-state index >= 15 is 0 Å². The van der Waals surface area contributed by atoms with Crippen LogP contribution in [0.15, 0.2) is 54.6 Å². The van der Waals surface area contributed by atoms with Crippen molar-refractivity contribution >= 4 is 11.4 Å². The summed E-state index contributed by atoms with van der Waals surface area (Å²) in [7, 11) is 0. The summed E-state index contributed by atoms with van der Waals surface area (Å²) < 4.78 is 0. The lowest BCUT2D eigenvalue weighted by atomic mass is 10.1. The molecule has 1 fully saturated rings. The highest BCUT2D eigenvalue weighted by Gasteiger charge is 2.18. The molecular weight excluding hydrogens is 246 g/mol. The molecule has 0 radical (unpaired) electrons. The predicted molar refractivity (Wildman–Crippen MR) is 82.0 cm³/mol. The Hall–Kier alpha value is -2.47. The van der Waals surface area contributed by atoms with Crippen molar-refractivity contribution in [2.24, 2.45) is 0 Å². The summed E-state index contributed by atoms with van der Waals surface area (Å²) in [5, 5.41) is 9.19. The maximum atomic E-state index is 9.19. The molecule has 0 bridgehead atoms. The zero-order valence-corrected chi connectivity index (χ0v) is 11.4. The summed E-state index contributed by atoms with van der Waals surface area (Å²) >= 11 is 0. The van der Waals surface area contributed by atoms with E-state index in [0.717, 1.165) is 37.4 Å². The minimum absolute atomic E-state index is 0.765. The molecule has 1 heterocycles. The van der Waals surface area contributed by atoms with Gasteiger partial charge in [-0.05, 0) is 24.3 Å². The molecule has 0 spiro atoms. The molecular formula is C17H17N3. The van der Waals surface area contributed by atoms with Crippen molar-refractivity contribution in [3.8, 4) is 6.07 Å². The van der Waals surface area contributed by atoms with Gasteiger partial charge in [-0.15, -0.1) is 0 Å². The number of hydrogen-bond acceptors (Lipinski definition) is 3. The Balaban J connectivity index is 1.72. The fourth-order valence-electron chi connectivity index (χ4n) is 2.69. The molecule has 1 aliphatic rings. The van der Waals surface area contributed by atoms with E-state index in [4.69, 9.17) is 0 Å². The second-order valence-corrected chi connectivity index (χ2v) is 4.94. The van der Waals surface area contributed by atoms with E-state index in [1.54, 1.807) is 0 Å². The molecule has 100 valence electrons. The lowest BCUT2D eigenvalue weighted by Crippen LogP contribution is -2.46. The normalized spacial score (nSPS) is 14.9. The Morgan fingerprint density at radius 2 is 1.35 bits per heavy atom. The van der Waals surface area contributed by atoms with Crippen LogP contribution in [-0.2, 0) is 0 Å². The van der Waals surface area contributed by atoms with Crippen LogP contribution in [-0.4, -0.2) is 26.2 Å². The fourth-order valence-corrected chi connectivity index (χ4v) is 2.69. The lowest BCUT2D eigenvalue weighted by molar-refractivity contribution is 0.653. The van der Waals surface area contributed by atoms with Gasteiger partial charge in [-0.25, -0.2) is 0 Å². The third-order valence-corrected chi connectivity index (χ3v) is 3.77. The van der Waals surface area contributed by atoms with Crippen LogP contribution in [0.4, 0.5) is 11.4 Å². The molecule has 0 atom stereocenters. The maximum Gasteiger partial charge on any atom is 0.101 e. The minimum atomic E-state index is 0.765. The summed E-state index contributed by atoms with van der Waals surface area (Å²) in [6.45, 7) is 3.88. The van der Waals surface area contributed by atoms with Crippen molar-refractivity contribution in [2.75, 3.05) is 36.0 Å². The quantitative estimate of drug-likeness (QED) is 0.834. The van der Waals surface area contributed by atoms with Gasteiger partial charge < -0.3 is 9.80 Å². The molecule has 0 amide bonds. The summed E-state index contributed by atoms with van der Waals surface area (Å²) in [6, 6.07) is 20.6. The molecule has 3 rings (SSSR count). The highest BCUT2D eigenvalue weighted by molar-refractivity contribution is 5.60. The van der Waals surface area contributed by atoms with E-state index in [1.807, 2.05) is 30.3 Å². The highest BCUT2D eigenvalue weighted by Crippen LogP contribution is 2.23. The number of nitrogens with zero attached hydrogens (tertiary/aromatic N) is 3. The van der Waals surface area contributed by atoms with Crippen LogP contribution in [0.3, 0.4) is 0 Å². The van der Waals surface area contributed by atoms with Gasteiger partial charge in [0.05, 0.1) is 11.3 Å². The SMILES string of the molecule is N#Cc1ccccc1N1CCN(c2ccccc2)CC1. The van der Waals surface area contributed by atoms with Gasteiger partial charge in [0, 0.05) is 31.9 Å². The third-order valence-electron chi connectivity index (χ3n) is 3.77. The number of rotatable bonds is 2. The number of para-hydroxylation sites is 2.